The molecule has 1 N–H and O–H groups in total. The van der Waals surface area contributed by atoms with Crippen LogP contribution >= 0.6 is 0 Å². The second-order valence-electron chi connectivity index (χ2n) is 7.66. The van der Waals surface area contributed by atoms with Crippen molar-refractivity contribution in [2.75, 3.05) is 39.4 Å². The highest BCUT2D eigenvalue weighted by atomic mass is 16.5. The summed E-state index contributed by atoms with van der Waals surface area (Å²) in [5, 5.41) is 8.43. The van der Waals surface area contributed by atoms with Gasteiger partial charge in [0.05, 0.1) is 25.3 Å². The Hall–Kier alpha value is -2.71. The minimum atomic E-state index is -0.185. The third-order valence-electron chi connectivity index (χ3n) is 5.45. The number of amides is 1. The number of rotatable bonds is 6. The molecule has 3 aromatic rings. The summed E-state index contributed by atoms with van der Waals surface area (Å²) < 4.78 is 8.42. The van der Waals surface area contributed by atoms with Gasteiger partial charge < -0.3 is 10.1 Å². The molecule has 3 heterocycles. The molecule has 4 rings (SSSR count). The number of benzene rings is 1. The van der Waals surface area contributed by atoms with Gasteiger partial charge in [-0.05, 0) is 30.0 Å². The van der Waals surface area contributed by atoms with Crippen LogP contribution in [0.3, 0.4) is 0 Å². The van der Waals surface area contributed by atoms with E-state index in [4.69, 9.17) is 4.74 Å². The Bertz CT molecular complexity index is 1080. The molecule has 1 amide bonds. The molecular formula is C21H27N5O3. The van der Waals surface area contributed by atoms with Gasteiger partial charge in [0.1, 0.15) is 0 Å². The Morgan fingerprint density at radius 2 is 2.03 bits per heavy atom. The minimum Gasteiger partial charge on any atom is -0.379 e. The molecule has 1 aliphatic heterocycles. The molecule has 1 unspecified atom stereocenters. The van der Waals surface area contributed by atoms with E-state index in [1.165, 1.54) is 4.68 Å². The van der Waals surface area contributed by atoms with Crippen LogP contribution in [0.15, 0.2) is 35.1 Å². The summed E-state index contributed by atoms with van der Waals surface area (Å²) in [5.74, 6) is -0.119. The topological polar surface area (TPSA) is 80.9 Å². The van der Waals surface area contributed by atoms with E-state index in [1.807, 2.05) is 44.2 Å². The number of carbonyl (C=O) groups excluding carboxylic acids is 1. The Balaban J connectivity index is 1.43. The van der Waals surface area contributed by atoms with E-state index in [0.29, 0.717) is 25.3 Å². The van der Waals surface area contributed by atoms with Crippen molar-refractivity contribution in [3.63, 3.8) is 0 Å². The van der Waals surface area contributed by atoms with Gasteiger partial charge in [0.15, 0.2) is 5.65 Å². The average molecular weight is 397 g/mol. The summed E-state index contributed by atoms with van der Waals surface area (Å²) in [7, 11) is 0. The molecule has 1 aliphatic rings. The molecule has 29 heavy (non-hydrogen) atoms. The molecule has 0 bridgehead atoms. The number of hydrogen-bond acceptors (Lipinski definition) is 5. The van der Waals surface area contributed by atoms with E-state index in [0.717, 1.165) is 42.8 Å². The first-order valence-electron chi connectivity index (χ1n) is 10.1. The van der Waals surface area contributed by atoms with Crippen LogP contribution < -0.4 is 11.0 Å². The minimum absolute atomic E-state index is 0.00469. The molecule has 0 spiro atoms. The van der Waals surface area contributed by atoms with E-state index in [2.05, 4.69) is 15.3 Å². The third kappa shape index (κ3) is 4.04. The zero-order chi connectivity index (χ0) is 20.4. The molecule has 154 valence electrons. The number of carbonyl (C=O) groups is 1. The molecule has 1 aromatic carbocycles. The molecule has 8 nitrogen and oxygen atoms in total. The van der Waals surface area contributed by atoms with E-state index < -0.39 is 0 Å². The Kier molecular flexibility index (Phi) is 5.64. The summed E-state index contributed by atoms with van der Waals surface area (Å²) in [4.78, 5) is 27.6. The molecule has 1 atom stereocenters. The Morgan fingerprint density at radius 1 is 1.28 bits per heavy atom. The fraction of sp³-hybridized carbons (Fsp3) is 0.476. The van der Waals surface area contributed by atoms with E-state index in [-0.39, 0.29) is 17.5 Å². The zero-order valence-corrected chi connectivity index (χ0v) is 16.9. The van der Waals surface area contributed by atoms with Crippen molar-refractivity contribution in [1.29, 1.82) is 0 Å². The molecule has 0 saturated carbocycles. The van der Waals surface area contributed by atoms with Gasteiger partial charge in [-0.1, -0.05) is 25.1 Å². The van der Waals surface area contributed by atoms with E-state index >= 15 is 0 Å². The van der Waals surface area contributed by atoms with Crippen molar-refractivity contribution in [1.82, 2.24) is 24.4 Å². The van der Waals surface area contributed by atoms with Crippen LogP contribution in [0.1, 0.15) is 12.5 Å². The maximum atomic E-state index is 12.9. The Labute approximate surface area is 169 Å². The SMILES string of the molecule is Cc1cc2ccccc2n2c(=O)n(CCNC(=O)C(C)CN3CCOCC3)nc12. The van der Waals surface area contributed by atoms with Crippen molar-refractivity contribution < 1.29 is 9.53 Å². The fourth-order valence-electron chi connectivity index (χ4n) is 3.85. The number of hydrogen-bond donors (Lipinski definition) is 1. The van der Waals surface area contributed by atoms with Gasteiger partial charge in [-0.25, -0.2) is 13.9 Å². The van der Waals surface area contributed by atoms with Crippen molar-refractivity contribution in [3.8, 4) is 0 Å². The summed E-state index contributed by atoms with van der Waals surface area (Å²) in [6, 6.07) is 9.82. The van der Waals surface area contributed by atoms with E-state index in [9.17, 15) is 9.59 Å². The highest BCUT2D eigenvalue weighted by Gasteiger charge is 2.19. The normalized spacial score (nSPS) is 16.3. The Morgan fingerprint density at radius 3 is 2.83 bits per heavy atom. The molecule has 0 aliphatic carbocycles. The molecule has 0 radical (unpaired) electrons. The maximum Gasteiger partial charge on any atom is 0.350 e. The van der Waals surface area contributed by atoms with Crippen LogP contribution in [-0.2, 0) is 16.1 Å². The molecule has 8 heteroatoms. The quantitative estimate of drug-likeness (QED) is 0.672. The number of aryl methyl sites for hydroxylation is 1. The van der Waals surface area contributed by atoms with Gasteiger partial charge >= 0.3 is 5.69 Å². The summed E-state index contributed by atoms with van der Waals surface area (Å²) in [6.07, 6.45) is 0. The average Bonchev–Trinajstić information content (AvgIpc) is 3.06. The van der Waals surface area contributed by atoms with Crippen LogP contribution in [0, 0.1) is 12.8 Å². The number of ether oxygens (including phenoxy) is 1. The van der Waals surface area contributed by atoms with Crippen molar-refractivity contribution in [3.05, 3.63) is 46.4 Å². The number of nitrogens with zero attached hydrogens (tertiary/aromatic N) is 4. The lowest BCUT2D eigenvalue weighted by atomic mass is 10.1. The predicted octanol–water partition coefficient (Wildman–Crippen LogP) is 1.04. The van der Waals surface area contributed by atoms with Gasteiger partial charge in [0.2, 0.25) is 5.91 Å². The number of nitrogens with one attached hydrogen (secondary N) is 1. The molecular weight excluding hydrogens is 370 g/mol. The monoisotopic (exact) mass is 397 g/mol. The highest BCUT2D eigenvalue weighted by Crippen LogP contribution is 2.17. The second kappa shape index (κ2) is 8.34. The first-order chi connectivity index (χ1) is 14.0. The van der Waals surface area contributed by atoms with Crippen molar-refractivity contribution in [2.45, 2.75) is 20.4 Å². The smallest absolute Gasteiger partial charge is 0.350 e. The summed E-state index contributed by atoms with van der Waals surface area (Å²) >= 11 is 0. The third-order valence-corrected chi connectivity index (χ3v) is 5.45. The van der Waals surface area contributed by atoms with Gasteiger partial charge in [-0.2, -0.15) is 0 Å². The van der Waals surface area contributed by atoms with Crippen LogP contribution in [0.25, 0.3) is 16.6 Å². The fourth-order valence-corrected chi connectivity index (χ4v) is 3.85. The highest BCUT2D eigenvalue weighted by molar-refractivity contribution is 5.83. The van der Waals surface area contributed by atoms with Crippen LogP contribution in [0.4, 0.5) is 0 Å². The lowest BCUT2D eigenvalue weighted by Gasteiger charge is -2.28. The summed E-state index contributed by atoms with van der Waals surface area (Å²) in [6.45, 7) is 8.47. The number of aromatic nitrogens is 3. The largest absolute Gasteiger partial charge is 0.379 e. The maximum absolute atomic E-state index is 12.9. The van der Waals surface area contributed by atoms with Gasteiger partial charge in [0, 0.05) is 32.1 Å². The van der Waals surface area contributed by atoms with Gasteiger partial charge in [-0.3, -0.25) is 9.69 Å². The van der Waals surface area contributed by atoms with E-state index in [1.54, 1.807) is 4.40 Å². The number of pyridine rings is 1. The number of fused-ring (bicyclic) bond motifs is 3. The molecule has 2 aromatic heterocycles. The summed E-state index contributed by atoms with van der Waals surface area (Å²) in [5.41, 5.74) is 2.26. The van der Waals surface area contributed by atoms with Crippen molar-refractivity contribution in [2.24, 2.45) is 5.92 Å². The van der Waals surface area contributed by atoms with Crippen LogP contribution in [-0.4, -0.2) is 64.4 Å². The predicted molar refractivity (Wildman–Crippen MR) is 111 cm³/mol. The first kappa shape index (κ1) is 19.6. The lowest BCUT2D eigenvalue weighted by molar-refractivity contribution is -0.125. The second-order valence-corrected chi connectivity index (χ2v) is 7.66. The molecule has 1 saturated heterocycles. The van der Waals surface area contributed by atoms with Crippen molar-refractivity contribution >= 4 is 22.5 Å². The van der Waals surface area contributed by atoms with Gasteiger partial charge in [-0.15, -0.1) is 5.10 Å². The number of para-hydroxylation sites is 1. The first-order valence-corrected chi connectivity index (χ1v) is 10.1. The lowest BCUT2D eigenvalue weighted by Crippen LogP contribution is -2.43. The van der Waals surface area contributed by atoms with Gasteiger partial charge in [0.25, 0.3) is 0 Å². The van der Waals surface area contributed by atoms with Crippen LogP contribution in [0.2, 0.25) is 0 Å². The zero-order valence-electron chi connectivity index (χ0n) is 16.9. The standard InChI is InChI=1S/C21H27N5O3/c1-15-13-17-5-3-4-6-18(17)26-19(15)23-25(21(26)28)8-7-22-20(27)16(2)14-24-9-11-29-12-10-24/h3-6,13,16H,7-12,14H2,1-2H3,(H,22,27). The molecule has 1 fully saturated rings. The van der Waals surface area contributed by atoms with Crippen LogP contribution in [0.5, 0.6) is 0 Å². The number of morpholine rings is 1.